The Morgan fingerprint density at radius 2 is 2.05 bits per heavy atom. The summed E-state index contributed by atoms with van der Waals surface area (Å²) in [5.41, 5.74) is -0.228. The van der Waals surface area contributed by atoms with E-state index in [0.29, 0.717) is 13.0 Å². The maximum atomic E-state index is 12.1. The van der Waals surface area contributed by atoms with E-state index in [1.165, 1.54) is 6.42 Å². The molecule has 1 saturated heterocycles. The minimum absolute atomic E-state index is 0.0466. The Labute approximate surface area is 130 Å². The van der Waals surface area contributed by atoms with Crippen molar-refractivity contribution in [1.29, 1.82) is 0 Å². The SMILES string of the molecule is O=C(O)CC1(CNC(=O)CC2CSCCN2)CCCCC1. The molecule has 1 amide bonds. The van der Waals surface area contributed by atoms with Gasteiger partial charge >= 0.3 is 5.97 Å². The van der Waals surface area contributed by atoms with Gasteiger partial charge < -0.3 is 15.7 Å². The van der Waals surface area contributed by atoms with Crippen LogP contribution in [0.3, 0.4) is 0 Å². The smallest absolute Gasteiger partial charge is 0.303 e. The molecule has 0 bridgehead atoms. The maximum absolute atomic E-state index is 12.1. The summed E-state index contributed by atoms with van der Waals surface area (Å²) in [5, 5.41) is 15.5. The Morgan fingerprint density at radius 3 is 2.67 bits per heavy atom. The molecule has 0 aromatic carbocycles. The van der Waals surface area contributed by atoms with E-state index < -0.39 is 5.97 Å². The molecule has 0 aromatic heterocycles. The third-order valence-corrected chi connectivity index (χ3v) is 5.66. The standard InChI is InChI=1S/C15H26N2O3S/c18-13(8-12-10-21-7-6-16-12)17-11-15(9-14(19)20)4-2-1-3-5-15/h12,16H,1-11H2,(H,17,18)(H,19,20). The minimum Gasteiger partial charge on any atom is -0.481 e. The van der Waals surface area contributed by atoms with Gasteiger partial charge in [-0.2, -0.15) is 11.8 Å². The Balaban J connectivity index is 1.79. The molecule has 3 N–H and O–H groups in total. The van der Waals surface area contributed by atoms with Crippen molar-refractivity contribution in [2.45, 2.75) is 51.0 Å². The highest BCUT2D eigenvalue weighted by molar-refractivity contribution is 7.99. The van der Waals surface area contributed by atoms with Crippen LogP contribution in [0.4, 0.5) is 0 Å². The molecule has 0 aromatic rings. The van der Waals surface area contributed by atoms with E-state index in [1.807, 2.05) is 11.8 Å². The molecule has 1 atom stereocenters. The van der Waals surface area contributed by atoms with Crippen LogP contribution in [0.15, 0.2) is 0 Å². The van der Waals surface area contributed by atoms with Gasteiger partial charge in [-0.25, -0.2) is 0 Å². The first-order valence-corrected chi connectivity index (χ1v) is 9.05. The number of carbonyl (C=O) groups excluding carboxylic acids is 1. The summed E-state index contributed by atoms with van der Waals surface area (Å²) in [5.74, 6) is 1.38. The van der Waals surface area contributed by atoms with Gasteiger partial charge in [-0.05, 0) is 18.3 Å². The van der Waals surface area contributed by atoms with Gasteiger partial charge in [0, 0.05) is 37.1 Å². The quantitative estimate of drug-likeness (QED) is 0.694. The van der Waals surface area contributed by atoms with Gasteiger partial charge in [0.1, 0.15) is 0 Å². The number of hydrogen-bond acceptors (Lipinski definition) is 4. The Morgan fingerprint density at radius 1 is 1.29 bits per heavy atom. The van der Waals surface area contributed by atoms with Gasteiger partial charge in [0.15, 0.2) is 0 Å². The van der Waals surface area contributed by atoms with Crippen molar-refractivity contribution in [2.75, 3.05) is 24.6 Å². The van der Waals surface area contributed by atoms with E-state index in [2.05, 4.69) is 10.6 Å². The maximum Gasteiger partial charge on any atom is 0.303 e. The van der Waals surface area contributed by atoms with Gasteiger partial charge in [-0.3, -0.25) is 9.59 Å². The monoisotopic (exact) mass is 314 g/mol. The van der Waals surface area contributed by atoms with E-state index in [4.69, 9.17) is 5.11 Å². The predicted molar refractivity (Wildman–Crippen MR) is 84.5 cm³/mol. The molecular weight excluding hydrogens is 288 g/mol. The van der Waals surface area contributed by atoms with Crippen molar-refractivity contribution in [2.24, 2.45) is 5.41 Å². The average Bonchev–Trinajstić information content (AvgIpc) is 2.47. The fraction of sp³-hybridized carbons (Fsp3) is 0.867. The van der Waals surface area contributed by atoms with Crippen LogP contribution in [-0.2, 0) is 9.59 Å². The number of nitrogens with one attached hydrogen (secondary N) is 2. The van der Waals surface area contributed by atoms with Crippen molar-refractivity contribution in [3.8, 4) is 0 Å². The lowest BCUT2D eigenvalue weighted by Crippen LogP contribution is -2.44. The zero-order valence-electron chi connectivity index (χ0n) is 12.5. The Kier molecular flexibility index (Phi) is 6.36. The summed E-state index contributed by atoms with van der Waals surface area (Å²) in [6.45, 7) is 1.48. The molecule has 1 saturated carbocycles. The molecule has 1 unspecified atom stereocenters. The van der Waals surface area contributed by atoms with Crippen molar-refractivity contribution >= 4 is 23.6 Å². The van der Waals surface area contributed by atoms with Gasteiger partial charge in [0.25, 0.3) is 0 Å². The second kappa shape index (κ2) is 8.03. The molecule has 21 heavy (non-hydrogen) atoms. The average molecular weight is 314 g/mol. The van der Waals surface area contributed by atoms with Crippen molar-refractivity contribution in [1.82, 2.24) is 10.6 Å². The van der Waals surface area contributed by atoms with Crippen molar-refractivity contribution in [3.05, 3.63) is 0 Å². The van der Waals surface area contributed by atoms with Gasteiger partial charge in [0.2, 0.25) is 5.91 Å². The predicted octanol–water partition coefficient (Wildman–Crippen LogP) is 1.62. The van der Waals surface area contributed by atoms with Crippen LogP contribution >= 0.6 is 11.8 Å². The zero-order valence-corrected chi connectivity index (χ0v) is 13.3. The number of thioether (sulfide) groups is 1. The van der Waals surface area contributed by atoms with E-state index in [-0.39, 0.29) is 23.8 Å². The summed E-state index contributed by atoms with van der Waals surface area (Å²) in [6.07, 6.45) is 5.82. The number of amides is 1. The Bertz CT molecular complexity index is 364. The molecule has 1 heterocycles. The second-order valence-electron chi connectivity index (χ2n) is 6.34. The lowest BCUT2D eigenvalue weighted by Gasteiger charge is -2.36. The van der Waals surface area contributed by atoms with Crippen LogP contribution in [-0.4, -0.2) is 47.6 Å². The summed E-state index contributed by atoms with van der Waals surface area (Å²) < 4.78 is 0. The van der Waals surface area contributed by atoms with E-state index in [0.717, 1.165) is 43.7 Å². The number of carboxylic acids is 1. The highest BCUT2D eigenvalue weighted by atomic mass is 32.2. The first kappa shape index (κ1) is 16.6. The topological polar surface area (TPSA) is 78.4 Å². The third-order valence-electron chi connectivity index (χ3n) is 4.53. The highest BCUT2D eigenvalue weighted by Crippen LogP contribution is 2.38. The van der Waals surface area contributed by atoms with Crippen molar-refractivity contribution < 1.29 is 14.7 Å². The summed E-state index contributed by atoms with van der Waals surface area (Å²) >= 11 is 1.88. The second-order valence-corrected chi connectivity index (χ2v) is 7.49. The first-order chi connectivity index (χ1) is 10.1. The van der Waals surface area contributed by atoms with Crippen LogP contribution < -0.4 is 10.6 Å². The highest BCUT2D eigenvalue weighted by Gasteiger charge is 2.34. The summed E-state index contributed by atoms with van der Waals surface area (Å²) in [6, 6.07) is 0.255. The van der Waals surface area contributed by atoms with Crippen LogP contribution in [0.1, 0.15) is 44.9 Å². The van der Waals surface area contributed by atoms with Crippen LogP contribution in [0.2, 0.25) is 0 Å². The Hall–Kier alpha value is -0.750. The molecule has 2 aliphatic rings. The number of carbonyl (C=O) groups is 2. The van der Waals surface area contributed by atoms with Crippen LogP contribution in [0.25, 0.3) is 0 Å². The van der Waals surface area contributed by atoms with Gasteiger partial charge in [-0.1, -0.05) is 19.3 Å². The van der Waals surface area contributed by atoms with Crippen molar-refractivity contribution in [3.63, 3.8) is 0 Å². The third kappa shape index (κ3) is 5.51. The minimum atomic E-state index is -0.753. The van der Waals surface area contributed by atoms with Crippen LogP contribution in [0, 0.1) is 5.41 Å². The van der Waals surface area contributed by atoms with E-state index >= 15 is 0 Å². The summed E-state index contributed by atoms with van der Waals surface area (Å²) in [7, 11) is 0. The fourth-order valence-corrected chi connectivity index (χ4v) is 4.32. The van der Waals surface area contributed by atoms with Gasteiger partial charge in [0.05, 0.1) is 6.42 Å². The molecule has 120 valence electrons. The number of carboxylic acid groups (broad SMARTS) is 1. The molecular formula is C15H26N2O3S. The molecule has 1 aliphatic carbocycles. The number of rotatable bonds is 6. The first-order valence-electron chi connectivity index (χ1n) is 7.89. The normalized spacial score (nSPS) is 25.2. The molecule has 2 fully saturated rings. The number of aliphatic carboxylic acids is 1. The fourth-order valence-electron chi connectivity index (χ4n) is 3.37. The summed E-state index contributed by atoms with van der Waals surface area (Å²) in [4.78, 5) is 23.2. The molecule has 6 heteroatoms. The largest absolute Gasteiger partial charge is 0.481 e. The molecule has 0 radical (unpaired) electrons. The molecule has 5 nitrogen and oxygen atoms in total. The lowest BCUT2D eigenvalue weighted by molar-refractivity contribution is -0.140. The van der Waals surface area contributed by atoms with Gasteiger partial charge in [-0.15, -0.1) is 0 Å². The van der Waals surface area contributed by atoms with E-state index in [9.17, 15) is 9.59 Å². The lowest BCUT2D eigenvalue weighted by atomic mass is 9.71. The number of hydrogen-bond donors (Lipinski definition) is 3. The molecule has 2 rings (SSSR count). The van der Waals surface area contributed by atoms with Crippen LogP contribution in [0.5, 0.6) is 0 Å². The zero-order chi connectivity index (χ0) is 15.1. The van der Waals surface area contributed by atoms with E-state index in [1.54, 1.807) is 0 Å². The molecule has 0 spiro atoms. The molecule has 1 aliphatic heterocycles.